The smallest absolute Gasteiger partial charge is 0.254 e. The largest absolute Gasteiger partial charge is 0.341 e. The van der Waals surface area contributed by atoms with Gasteiger partial charge in [-0.25, -0.2) is 12.8 Å². The summed E-state index contributed by atoms with van der Waals surface area (Å²) in [5, 5.41) is 2.75. The average Bonchev–Trinajstić information content (AvgIpc) is 3.16. The summed E-state index contributed by atoms with van der Waals surface area (Å²) >= 11 is 0. The summed E-state index contributed by atoms with van der Waals surface area (Å²) in [4.78, 5) is 45.4. The molecule has 1 spiro atoms. The Morgan fingerprint density at radius 2 is 1.71 bits per heavy atom. The van der Waals surface area contributed by atoms with Crippen LogP contribution in [0.25, 0.3) is 0 Å². The number of hydrogen-bond acceptors (Lipinski definition) is 6. The summed E-state index contributed by atoms with van der Waals surface area (Å²) in [5.74, 6) is -1.82. The molecule has 2 saturated heterocycles. The number of rotatable bonds is 8. The fourth-order valence-electron chi connectivity index (χ4n) is 5.61. The molecule has 4 rings (SSSR count). The molecule has 1 atom stereocenters. The number of sulfonamides is 1. The highest BCUT2D eigenvalue weighted by molar-refractivity contribution is 7.92. The van der Waals surface area contributed by atoms with Crippen molar-refractivity contribution in [3.8, 4) is 0 Å². The van der Waals surface area contributed by atoms with Gasteiger partial charge in [0.25, 0.3) is 5.91 Å². The maximum absolute atomic E-state index is 14.4. The second-order valence-electron chi connectivity index (χ2n) is 11.2. The number of likely N-dealkylation sites (N-methyl/N-ethyl adjacent to an activating group) is 1. The van der Waals surface area contributed by atoms with Gasteiger partial charge in [-0.05, 0) is 67.1 Å². The molecule has 0 aromatic heterocycles. The molecular weight excluding hydrogens is 549 g/mol. The molecule has 0 aliphatic carbocycles. The predicted octanol–water partition coefficient (Wildman–Crippen LogP) is 2.81. The van der Waals surface area contributed by atoms with Crippen LogP contribution in [0.15, 0.2) is 42.5 Å². The number of hydrogen-bond donors (Lipinski definition) is 2. The lowest BCUT2D eigenvalue weighted by molar-refractivity contribution is -0.139. The summed E-state index contributed by atoms with van der Waals surface area (Å²) in [6.45, 7) is 6.54. The van der Waals surface area contributed by atoms with Gasteiger partial charge in [-0.15, -0.1) is 0 Å². The van der Waals surface area contributed by atoms with Crippen LogP contribution in [0, 0.1) is 11.7 Å². The second-order valence-corrected chi connectivity index (χ2v) is 13.0. The van der Waals surface area contributed by atoms with E-state index >= 15 is 0 Å². The minimum atomic E-state index is -3.42. The summed E-state index contributed by atoms with van der Waals surface area (Å²) in [6.07, 6.45) is 2.50. The Bertz CT molecular complexity index is 1420. The third-order valence-electron chi connectivity index (χ3n) is 7.90. The molecule has 0 radical (unpaired) electrons. The Hall–Kier alpha value is -3.67. The van der Waals surface area contributed by atoms with Crippen molar-refractivity contribution in [2.45, 2.75) is 51.6 Å². The average molecular weight is 588 g/mol. The summed E-state index contributed by atoms with van der Waals surface area (Å²) in [6, 6.07) is 10.4. The molecule has 2 aliphatic rings. The SMILES string of the molecule is CCc1ccc(F)c(C(=O)NC(C(=O)N2CCC3(CC2)C(=O)N(C)CN3c2ccc(NS(C)(=O)=O)cc2)C(C)C)c1. The van der Waals surface area contributed by atoms with Crippen molar-refractivity contribution in [1.29, 1.82) is 0 Å². The fraction of sp³-hybridized carbons (Fsp3) is 0.483. The number of amides is 3. The third-order valence-corrected chi connectivity index (χ3v) is 8.51. The van der Waals surface area contributed by atoms with Crippen molar-refractivity contribution in [2.24, 2.45) is 5.92 Å². The van der Waals surface area contributed by atoms with Crippen LogP contribution in [-0.2, 0) is 26.0 Å². The van der Waals surface area contributed by atoms with E-state index in [2.05, 4.69) is 10.0 Å². The summed E-state index contributed by atoms with van der Waals surface area (Å²) < 4.78 is 40.0. The Morgan fingerprint density at radius 3 is 2.27 bits per heavy atom. The van der Waals surface area contributed by atoms with Crippen LogP contribution >= 0.6 is 0 Å². The number of anilines is 2. The van der Waals surface area contributed by atoms with E-state index in [1.807, 2.05) is 25.7 Å². The lowest BCUT2D eigenvalue weighted by Crippen LogP contribution is -2.60. The standard InChI is InChI=1S/C29H38FN5O5S/c1-6-20-7-12-24(30)23(17-20)26(36)31-25(19(2)3)27(37)34-15-13-29(14-16-34)28(38)33(4)18-35(29)22-10-8-21(9-11-22)32-41(5,39)40/h7-12,17,19,25,32H,6,13-16,18H2,1-5H3,(H,31,36). The van der Waals surface area contributed by atoms with Gasteiger partial charge in [0.15, 0.2) is 0 Å². The first-order chi connectivity index (χ1) is 19.3. The predicted molar refractivity (Wildman–Crippen MR) is 155 cm³/mol. The molecule has 0 bridgehead atoms. The zero-order valence-corrected chi connectivity index (χ0v) is 24.9. The number of carbonyl (C=O) groups excluding carboxylic acids is 3. The maximum Gasteiger partial charge on any atom is 0.254 e. The second kappa shape index (κ2) is 11.7. The minimum absolute atomic E-state index is 0.0390. The molecule has 2 aromatic rings. The number of nitrogens with one attached hydrogen (secondary N) is 2. The number of carbonyl (C=O) groups is 3. The molecule has 10 nitrogen and oxygen atoms in total. The molecule has 2 heterocycles. The van der Waals surface area contributed by atoms with Crippen molar-refractivity contribution < 1.29 is 27.2 Å². The lowest BCUT2D eigenvalue weighted by atomic mass is 9.85. The highest BCUT2D eigenvalue weighted by atomic mass is 32.2. The molecular formula is C29H38FN5O5S. The quantitative estimate of drug-likeness (QED) is 0.491. The van der Waals surface area contributed by atoms with Crippen molar-refractivity contribution in [3.05, 3.63) is 59.4 Å². The third kappa shape index (κ3) is 6.32. The molecule has 12 heteroatoms. The van der Waals surface area contributed by atoms with Gasteiger partial charge >= 0.3 is 0 Å². The van der Waals surface area contributed by atoms with Gasteiger partial charge in [0, 0.05) is 31.5 Å². The lowest BCUT2D eigenvalue weighted by Gasteiger charge is -2.44. The van der Waals surface area contributed by atoms with E-state index in [0.29, 0.717) is 44.7 Å². The van der Waals surface area contributed by atoms with Crippen molar-refractivity contribution >= 4 is 39.1 Å². The zero-order valence-electron chi connectivity index (χ0n) is 24.1. The fourth-order valence-corrected chi connectivity index (χ4v) is 6.18. The monoisotopic (exact) mass is 587 g/mol. The van der Waals surface area contributed by atoms with Crippen molar-refractivity contribution in [2.75, 3.05) is 42.7 Å². The van der Waals surface area contributed by atoms with Gasteiger partial charge in [0.1, 0.15) is 17.4 Å². The molecule has 41 heavy (non-hydrogen) atoms. The van der Waals surface area contributed by atoms with Crippen LogP contribution in [0.5, 0.6) is 0 Å². The molecule has 3 amide bonds. The van der Waals surface area contributed by atoms with Crippen LogP contribution in [0.3, 0.4) is 0 Å². The van der Waals surface area contributed by atoms with Gasteiger partial charge in [-0.3, -0.25) is 19.1 Å². The highest BCUT2D eigenvalue weighted by Gasteiger charge is 2.53. The number of halogens is 1. The van der Waals surface area contributed by atoms with Crippen LogP contribution in [-0.4, -0.2) is 80.6 Å². The van der Waals surface area contributed by atoms with Gasteiger partial charge < -0.3 is 20.0 Å². The van der Waals surface area contributed by atoms with Crippen LogP contribution < -0.4 is 14.9 Å². The molecule has 1 unspecified atom stereocenters. The van der Waals surface area contributed by atoms with Gasteiger partial charge in [-0.2, -0.15) is 0 Å². The first-order valence-corrected chi connectivity index (χ1v) is 15.6. The number of piperidine rings is 1. The summed E-state index contributed by atoms with van der Waals surface area (Å²) in [7, 11) is -1.68. The highest BCUT2D eigenvalue weighted by Crippen LogP contribution is 2.39. The maximum atomic E-state index is 14.4. The van der Waals surface area contributed by atoms with Crippen molar-refractivity contribution in [3.63, 3.8) is 0 Å². The van der Waals surface area contributed by atoms with Gasteiger partial charge in [0.2, 0.25) is 21.8 Å². The Balaban J connectivity index is 1.49. The first-order valence-electron chi connectivity index (χ1n) is 13.7. The minimum Gasteiger partial charge on any atom is -0.341 e. The van der Waals surface area contributed by atoms with E-state index in [1.165, 1.54) is 12.1 Å². The Morgan fingerprint density at radius 1 is 1.07 bits per heavy atom. The molecule has 2 aliphatic heterocycles. The van der Waals surface area contributed by atoms with Crippen LogP contribution in [0.1, 0.15) is 49.5 Å². The number of nitrogens with zero attached hydrogens (tertiary/aromatic N) is 3. The first kappa shape index (κ1) is 30.3. The number of benzene rings is 2. The molecule has 2 aromatic carbocycles. The van der Waals surface area contributed by atoms with Gasteiger partial charge in [-0.1, -0.05) is 26.8 Å². The van der Waals surface area contributed by atoms with Crippen molar-refractivity contribution in [1.82, 2.24) is 15.1 Å². The number of aryl methyl sites for hydroxylation is 1. The normalized spacial score (nSPS) is 17.7. The van der Waals surface area contributed by atoms with E-state index in [-0.39, 0.29) is 23.3 Å². The van der Waals surface area contributed by atoms with E-state index < -0.39 is 33.3 Å². The topological polar surface area (TPSA) is 119 Å². The van der Waals surface area contributed by atoms with E-state index in [0.717, 1.165) is 17.5 Å². The van der Waals surface area contributed by atoms with Crippen LogP contribution in [0.2, 0.25) is 0 Å². The molecule has 2 fully saturated rings. The zero-order chi connectivity index (χ0) is 30.1. The van der Waals surface area contributed by atoms with E-state index in [1.54, 1.807) is 47.2 Å². The van der Waals surface area contributed by atoms with Crippen LogP contribution in [0.4, 0.5) is 15.8 Å². The molecule has 2 N–H and O–H groups in total. The Kier molecular flexibility index (Phi) is 8.62. The summed E-state index contributed by atoms with van der Waals surface area (Å²) in [5.41, 5.74) is 1.08. The van der Waals surface area contributed by atoms with Gasteiger partial charge in [0.05, 0.1) is 18.5 Å². The Labute approximate surface area is 240 Å². The molecule has 222 valence electrons. The van der Waals surface area contributed by atoms with E-state index in [9.17, 15) is 27.2 Å². The number of likely N-dealkylation sites (tertiary alicyclic amines) is 1. The molecule has 0 saturated carbocycles. The van der Waals surface area contributed by atoms with E-state index in [4.69, 9.17) is 0 Å².